The Morgan fingerprint density at radius 3 is 2.22 bits per heavy atom. The Labute approximate surface area is 108 Å². The summed E-state index contributed by atoms with van der Waals surface area (Å²) in [5.41, 5.74) is 0.522. The number of carbonyl (C=O) groups excluding carboxylic acids is 1. The monoisotopic (exact) mass is 249 g/mol. The van der Waals surface area contributed by atoms with Gasteiger partial charge in [0.05, 0.1) is 5.41 Å². The van der Waals surface area contributed by atoms with E-state index < -0.39 is 5.41 Å². The summed E-state index contributed by atoms with van der Waals surface area (Å²) in [5.74, 6) is 0.235. The smallest absolute Gasteiger partial charge is 0.230 e. The van der Waals surface area contributed by atoms with E-state index in [0.29, 0.717) is 5.92 Å². The quantitative estimate of drug-likeness (QED) is 0.873. The highest BCUT2D eigenvalue weighted by Gasteiger charge is 2.51. The molecule has 1 atom stereocenters. The molecule has 1 aliphatic rings. The first-order valence-corrected chi connectivity index (χ1v) is 6.53. The highest BCUT2D eigenvalue weighted by atomic mass is 19.1. The predicted molar refractivity (Wildman–Crippen MR) is 69.8 cm³/mol. The Morgan fingerprint density at radius 2 is 1.78 bits per heavy atom. The van der Waals surface area contributed by atoms with Crippen molar-refractivity contribution < 1.29 is 9.18 Å². The van der Waals surface area contributed by atoms with Gasteiger partial charge in [0.2, 0.25) is 5.91 Å². The van der Waals surface area contributed by atoms with Crippen molar-refractivity contribution in [3.05, 3.63) is 35.6 Å². The Hall–Kier alpha value is -1.38. The minimum atomic E-state index is -0.406. The topological polar surface area (TPSA) is 29.1 Å². The van der Waals surface area contributed by atoms with Gasteiger partial charge in [-0.1, -0.05) is 26.0 Å². The van der Waals surface area contributed by atoms with Crippen molar-refractivity contribution in [1.82, 2.24) is 5.32 Å². The van der Waals surface area contributed by atoms with Crippen molar-refractivity contribution in [3.63, 3.8) is 0 Å². The molecule has 1 aromatic carbocycles. The van der Waals surface area contributed by atoms with E-state index in [4.69, 9.17) is 0 Å². The maximum Gasteiger partial charge on any atom is 0.230 e. The van der Waals surface area contributed by atoms with E-state index >= 15 is 0 Å². The molecule has 0 saturated heterocycles. The minimum Gasteiger partial charge on any atom is -0.353 e. The number of halogens is 1. The Bertz CT molecular complexity index is 434. The summed E-state index contributed by atoms with van der Waals surface area (Å²) in [5, 5.41) is 3.06. The van der Waals surface area contributed by atoms with Crippen LogP contribution in [0.5, 0.6) is 0 Å². The minimum absolute atomic E-state index is 0.0790. The van der Waals surface area contributed by atoms with Crippen molar-refractivity contribution in [2.24, 2.45) is 5.92 Å². The molecule has 1 fully saturated rings. The van der Waals surface area contributed by atoms with E-state index in [1.807, 2.05) is 6.92 Å². The summed E-state index contributed by atoms with van der Waals surface area (Å²) in [6.45, 7) is 6.19. The van der Waals surface area contributed by atoms with E-state index in [2.05, 4.69) is 19.2 Å². The second-order valence-electron chi connectivity index (χ2n) is 5.60. The van der Waals surface area contributed by atoms with Gasteiger partial charge < -0.3 is 5.32 Å². The summed E-state index contributed by atoms with van der Waals surface area (Å²) >= 11 is 0. The van der Waals surface area contributed by atoms with Gasteiger partial charge in [0, 0.05) is 6.04 Å². The third-order valence-corrected chi connectivity index (χ3v) is 3.94. The molecule has 1 unspecified atom stereocenters. The maximum atomic E-state index is 12.9. The molecule has 1 saturated carbocycles. The lowest BCUT2D eigenvalue weighted by Gasteiger charge is -2.22. The number of carbonyl (C=O) groups is 1. The lowest BCUT2D eigenvalue weighted by molar-refractivity contribution is -0.124. The second kappa shape index (κ2) is 4.71. The molecule has 1 amide bonds. The number of benzene rings is 1. The van der Waals surface area contributed by atoms with Gasteiger partial charge in [-0.2, -0.15) is 0 Å². The molecule has 1 aromatic rings. The molecular weight excluding hydrogens is 229 g/mol. The molecule has 3 heteroatoms. The van der Waals surface area contributed by atoms with Gasteiger partial charge in [0.25, 0.3) is 0 Å². The Kier molecular flexibility index (Phi) is 3.42. The molecule has 0 spiro atoms. The van der Waals surface area contributed by atoms with Crippen LogP contribution in [0.3, 0.4) is 0 Å². The first kappa shape index (κ1) is 13.1. The molecule has 98 valence electrons. The van der Waals surface area contributed by atoms with E-state index in [0.717, 1.165) is 18.4 Å². The lowest BCUT2D eigenvalue weighted by atomic mass is 9.94. The third kappa shape index (κ3) is 2.40. The molecule has 1 N–H and O–H groups in total. The summed E-state index contributed by atoms with van der Waals surface area (Å²) < 4.78 is 12.9. The van der Waals surface area contributed by atoms with Crippen LogP contribution in [0.1, 0.15) is 39.2 Å². The highest BCUT2D eigenvalue weighted by molar-refractivity contribution is 5.91. The van der Waals surface area contributed by atoms with Crippen LogP contribution in [-0.2, 0) is 10.2 Å². The number of rotatable bonds is 4. The van der Waals surface area contributed by atoms with E-state index in [1.54, 1.807) is 12.1 Å². The maximum absolute atomic E-state index is 12.9. The van der Waals surface area contributed by atoms with Crippen LogP contribution in [0, 0.1) is 11.7 Å². The fourth-order valence-corrected chi connectivity index (χ4v) is 2.05. The molecule has 1 aliphatic carbocycles. The van der Waals surface area contributed by atoms with Crippen LogP contribution in [-0.4, -0.2) is 11.9 Å². The number of nitrogens with one attached hydrogen (secondary N) is 1. The average Bonchev–Trinajstić information content (AvgIpc) is 3.11. The number of hydrogen-bond acceptors (Lipinski definition) is 1. The summed E-state index contributed by atoms with van der Waals surface area (Å²) in [4.78, 5) is 12.3. The first-order chi connectivity index (χ1) is 8.45. The fourth-order valence-electron chi connectivity index (χ4n) is 2.05. The standard InChI is InChI=1S/C15H20FNO/c1-10(2)11(3)17-14(18)15(8-9-15)12-4-6-13(16)7-5-12/h4-7,10-11H,8-9H2,1-3H3,(H,17,18). The summed E-state index contributed by atoms with van der Waals surface area (Å²) in [6, 6.07) is 6.46. The molecule has 0 radical (unpaired) electrons. The number of amides is 1. The molecule has 2 rings (SSSR count). The van der Waals surface area contributed by atoms with Crippen molar-refractivity contribution in [2.45, 2.75) is 45.1 Å². The molecule has 0 aromatic heterocycles. The Morgan fingerprint density at radius 1 is 1.22 bits per heavy atom. The zero-order chi connectivity index (χ0) is 13.3. The normalized spacial score (nSPS) is 18.5. The van der Waals surface area contributed by atoms with E-state index in [-0.39, 0.29) is 17.8 Å². The molecule has 2 nitrogen and oxygen atoms in total. The summed E-state index contributed by atoms with van der Waals surface area (Å²) in [7, 11) is 0. The largest absolute Gasteiger partial charge is 0.353 e. The van der Waals surface area contributed by atoms with Crippen molar-refractivity contribution in [1.29, 1.82) is 0 Å². The van der Waals surface area contributed by atoms with E-state index in [1.165, 1.54) is 12.1 Å². The molecule has 0 bridgehead atoms. The van der Waals surface area contributed by atoms with E-state index in [9.17, 15) is 9.18 Å². The van der Waals surface area contributed by atoms with Crippen LogP contribution in [0.25, 0.3) is 0 Å². The predicted octanol–water partition coefficient (Wildman–Crippen LogP) is 3.02. The van der Waals surface area contributed by atoms with Gasteiger partial charge in [0.1, 0.15) is 5.82 Å². The van der Waals surface area contributed by atoms with Gasteiger partial charge in [-0.05, 0) is 43.4 Å². The van der Waals surface area contributed by atoms with Gasteiger partial charge in [-0.3, -0.25) is 4.79 Å². The van der Waals surface area contributed by atoms with Gasteiger partial charge in [-0.15, -0.1) is 0 Å². The fraction of sp³-hybridized carbons (Fsp3) is 0.533. The Balaban J connectivity index is 2.12. The van der Waals surface area contributed by atoms with Crippen LogP contribution >= 0.6 is 0 Å². The van der Waals surface area contributed by atoms with Crippen molar-refractivity contribution in [3.8, 4) is 0 Å². The van der Waals surface area contributed by atoms with Crippen LogP contribution in [0.2, 0.25) is 0 Å². The first-order valence-electron chi connectivity index (χ1n) is 6.53. The summed E-state index contributed by atoms with van der Waals surface area (Å²) in [6.07, 6.45) is 1.71. The third-order valence-electron chi connectivity index (χ3n) is 3.94. The average molecular weight is 249 g/mol. The SMILES string of the molecule is CC(C)C(C)NC(=O)C1(c2ccc(F)cc2)CC1. The molecule has 18 heavy (non-hydrogen) atoms. The van der Waals surface area contributed by atoms with Gasteiger partial charge >= 0.3 is 0 Å². The van der Waals surface area contributed by atoms with Gasteiger partial charge in [-0.25, -0.2) is 4.39 Å². The molecule has 0 heterocycles. The lowest BCUT2D eigenvalue weighted by Crippen LogP contribution is -2.42. The number of hydrogen-bond donors (Lipinski definition) is 1. The van der Waals surface area contributed by atoms with Crippen LogP contribution in [0.4, 0.5) is 4.39 Å². The van der Waals surface area contributed by atoms with Gasteiger partial charge in [0.15, 0.2) is 0 Å². The van der Waals surface area contributed by atoms with Crippen LogP contribution in [0.15, 0.2) is 24.3 Å². The van der Waals surface area contributed by atoms with Crippen molar-refractivity contribution >= 4 is 5.91 Å². The zero-order valence-electron chi connectivity index (χ0n) is 11.2. The molecular formula is C15H20FNO. The zero-order valence-corrected chi connectivity index (χ0v) is 11.2. The highest BCUT2D eigenvalue weighted by Crippen LogP contribution is 2.48. The van der Waals surface area contributed by atoms with Crippen molar-refractivity contribution in [2.75, 3.05) is 0 Å². The molecule has 0 aliphatic heterocycles. The van der Waals surface area contributed by atoms with Crippen LogP contribution < -0.4 is 5.32 Å². The second-order valence-corrected chi connectivity index (χ2v) is 5.60.